The van der Waals surface area contributed by atoms with E-state index < -0.39 is 0 Å². The number of benzene rings is 2. The molecule has 2 aromatic carbocycles. The van der Waals surface area contributed by atoms with E-state index in [1.165, 1.54) is 0 Å². The number of fused-ring (bicyclic) bond motifs is 1. The number of nitrogens with one attached hydrogen (secondary N) is 2. The lowest BCUT2D eigenvalue weighted by Gasteiger charge is -2.33. The van der Waals surface area contributed by atoms with Crippen molar-refractivity contribution in [2.75, 3.05) is 56.5 Å². The quantitative estimate of drug-likeness (QED) is 0.241. The fourth-order valence-electron chi connectivity index (χ4n) is 5.09. The van der Waals surface area contributed by atoms with Crippen molar-refractivity contribution in [3.8, 4) is 5.75 Å². The number of carbonyl (C=O) groups is 2. The van der Waals surface area contributed by atoms with Crippen LogP contribution in [0.15, 0.2) is 60.9 Å². The van der Waals surface area contributed by atoms with Gasteiger partial charge in [0.15, 0.2) is 0 Å². The first-order chi connectivity index (χ1) is 20.5. The van der Waals surface area contributed by atoms with Crippen molar-refractivity contribution in [1.82, 2.24) is 19.8 Å². The number of hydrogen-bond donors (Lipinski definition) is 2. The summed E-state index contributed by atoms with van der Waals surface area (Å²) in [4.78, 5) is 38.1. The third-order valence-electron chi connectivity index (χ3n) is 7.75. The second-order valence-corrected chi connectivity index (χ2v) is 10.8. The molecule has 42 heavy (non-hydrogen) atoms. The van der Waals surface area contributed by atoms with E-state index in [-0.39, 0.29) is 24.0 Å². The van der Waals surface area contributed by atoms with Gasteiger partial charge in [0.2, 0.25) is 5.91 Å². The second kappa shape index (κ2) is 14.2. The Labute approximate surface area is 247 Å². The van der Waals surface area contributed by atoms with E-state index in [0.717, 1.165) is 61.9 Å². The van der Waals surface area contributed by atoms with Crippen LogP contribution in [0.5, 0.6) is 5.75 Å². The van der Waals surface area contributed by atoms with Crippen LogP contribution in [0.4, 0.5) is 11.5 Å². The summed E-state index contributed by atoms with van der Waals surface area (Å²) in [5.74, 6) is 0.905. The number of anilines is 2. The average molecular weight is 573 g/mol. The number of amides is 1. The lowest BCUT2D eigenvalue weighted by molar-refractivity contribution is -0.144. The molecular formula is C32H40N6O4. The Bertz CT molecular complexity index is 1390. The van der Waals surface area contributed by atoms with Crippen LogP contribution in [-0.2, 0) is 14.3 Å². The molecule has 2 fully saturated rings. The zero-order chi connectivity index (χ0) is 29.3. The minimum absolute atomic E-state index is 0.0307. The molecular weight excluding hydrogens is 532 g/mol. The Balaban J connectivity index is 1.25. The molecule has 0 bridgehead atoms. The van der Waals surface area contributed by atoms with Gasteiger partial charge in [-0.05, 0) is 44.7 Å². The molecule has 1 saturated heterocycles. The molecule has 3 aromatic rings. The molecule has 10 heteroatoms. The van der Waals surface area contributed by atoms with Crippen molar-refractivity contribution >= 4 is 34.3 Å². The molecule has 2 aliphatic rings. The van der Waals surface area contributed by atoms with Gasteiger partial charge >= 0.3 is 5.97 Å². The molecule has 0 radical (unpaired) electrons. The van der Waals surface area contributed by atoms with E-state index in [1.54, 1.807) is 12.4 Å². The van der Waals surface area contributed by atoms with Gasteiger partial charge in [-0.3, -0.25) is 19.4 Å². The van der Waals surface area contributed by atoms with E-state index in [9.17, 15) is 9.59 Å². The van der Waals surface area contributed by atoms with Crippen molar-refractivity contribution in [2.45, 2.75) is 45.3 Å². The standard InChI is InChI=1S/C32H40N6O4/c1-3-41-31(40)21-38-17-15-37(16-18-38)14-8-13-30(39)36-28-19-26-27(20-29(28)42-25-11-7-12-25)33-22-34-32(26)35-23(2)24-9-5-4-6-10-24/h4-6,8-10,13,19-20,22-23,25H,3,7,11-12,14-18,21H2,1-2H3,(H,36,39)(H,33,34,35)/t23-/m1/s1. The van der Waals surface area contributed by atoms with Gasteiger partial charge in [-0.1, -0.05) is 36.4 Å². The summed E-state index contributed by atoms with van der Waals surface area (Å²) in [6.07, 6.45) is 8.30. The van der Waals surface area contributed by atoms with Crippen molar-refractivity contribution in [3.05, 3.63) is 66.5 Å². The highest BCUT2D eigenvalue weighted by Gasteiger charge is 2.22. The van der Waals surface area contributed by atoms with E-state index in [1.807, 2.05) is 43.3 Å². The maximum absolute atomic E-state index is 13.0. The lowest BCUT2D eigenvalue weighted by atomic mass is 9.96. The molecule has 1 atom stereocenters. The Hall–Kier alpha value is -4.02. The third-order valence-corrected chi connectivity index (χ3v) is 7.75. The molecule has 0 spiro atoms. The molecule has 5 rings (SSSR count). The fourth-order valence-corrected chi connectivity index (χ4v) is 5.09. The largest absolute Gasteiger partial charge is 0.488 e. The number of carbonyl (C=O) groups excluding carboxylic acids is 2. The summed E-state index contributed by atoms with van der Waals surface area (Å²) in [5.41, 5.74) is 2.49. The maximum Gasteiger partial charge on any atom is 0.320 e. The zero-order valence-corrected chi connectivity index (χ0v) is 24.4. The van der Waals surface area contributed by atoms with Gasteiger partial charge in [-0.25, -0.2) is 9.97 Å². The number of ether oxygens (including phenoxy) is 2. The smallest absolute Gasteiger partial charge is 0.320 e. The topological polar surface area (TPSA) is 109 Å². The number of rotatable bonds is 12. The predicted molar refractivity (Wildman–Crippen MR) is 164 cm³/mol. The van der Waals surface area contributed by atoms with Gasteiger partial charge in [0, 0.05) is 56.3 Å². The van der Waals surface area contributed by atoms with Crippen LogP contribution in [-0.4, -0.2) is 83.6 Å². The maximum atomic E-state index is 13.0. The summed E-state index contributed by atoms with van der Waals surface area (Å²) in [7, 11) is 0. The van der Waals surface area contributed by atoms with E-state index in [4.69, 9.17) is 9.47 Å². The molecule has 222 valence electrons. The molecule has 0 unspecified atom stereocenters. The summed E-state index contributed by atoms with van der Waals surface area (Å²) >= 11 is 0. The van der Waals surface area contributed by atoms with Crippen LogP contribution < -0.4 is 15.4 Å². The fraction of sp³-hybridized carbons (Fsp3) is 0.438. The lowest BCUT2D eigenvalue weighted by Crippen LogP contribution is -2.48. The normalized spacial score (nSPS) is 17.1. The van der Waals surface area contributed by atoms with Crippen LogP contribution >= 0.6 is 0 Å². The van der Waals surface area contributed by atoms with Crippen molar-refractivity contribution in [1.29, 1.82) is 0 Å². The zero-order valence-electron chi connectivity index (χ0n) is 24.4. The number of esters is 1. The van der Waals surface area contributed by atoms with Crippen LogP contribution in [0.2, 0.25) is 0 Å². The highest BCUT2D eigenvalue weighted by molar-refractivity contribution is 6.03. The number of piperazine rings is 1. The van der Waals surface area contributed by atoms with Gasteiger partial charge < -0.3 is 20.1 Å². The number of hydrogen-bond acceptors (Lipinski definition) is 9. The van der Waals surface area contributed by atoms with Crippen LogP contribution in [0, 0.1) is 0 Å². The van der Waals surface area contributed by atoms with Crippen molar-refractivity contribution in [3.63, 3.8) is 0 Å². The van der Waals surface area contributed by atoms with Gasteiger partial charge in [0.05, 0.1) is 30.5 Å². The minimum atomic E-state index is -0.224. The molecule has 2 N–H and O–H groups in total. The summed E-state index contributed by atoms with van der Waals surface area (Å²) in [6, 6.07) is 14.0. The number of nitrogens with zero attached hydrogens (tertiary/aromatic N) is 4. The monoisotopic (exact) mass is 572 g/mol. The summed E-state index contributed by atoms with van der Waals surface area (Å²) < 4.78 is 11.3. The average Bonchev–Trinajstić information content (AvgIpc) is 2.97. The predicted octanol–water partition coefficient (Wildman–Crippen LogP) is 4.41. The van der Waals surface area contributed by atoms with Crippen molar-refractivity contribution < 1.29 is 19.1 Å². The molecule has 2 heterocycles. The first-order valence-corrected chi connectivity index (χ1v) is 14.8. The molecule has 1 amide bonds. The Kier molecular flexibility index (Phi) is 9.99. The summed E-state index contributed by atoms with van der Waals surface area (Å²) in [5, 5.41) is 7.34. The van der Waals surface area contributed by atoms with Gasteiger partial charge in [0.25, 0.3) is 0 Å². The molecule has 1 aromatic heterocycles. The molecule has 1 aliphatic heterocycles. The van der Waals surface area contributed by atoms with Gasteiger partial charge in [0.1, 0.15) is 17.9 Å². The first-order valence-electron chi connectivity index (χ1n) is 14.8. The Morgan fingerprint density at radius 1 is 1.07 bits per heavy atom. The van der Waals surface area contributed by atoms with Crippen LogP contribution in [0.1, 0.15) is 44.7 Å². The molecule has 1 aliphatic carbocycles. The Morgan fingerprint density at radius 3 is 2.55 bits per heavy atom. The molecule has 10 nitrogen and oxygen atoms in total. The Morgan fingerprint density at radius 2 is 1.83 bits per heavy atom. The van der Waals surface area contributed by atoms with Crippen LogP contribution in [0.3, 0.4) is 0 Å². The minimum Gasteiger partial charge on any atom is -0.488 e. The van der Waals surface area contributed by atoms with Crippen LogP contribution in [0.25, 0.3) is 10.9 Å². The second-order valence-electron chi connectivity index (χ2n) is 10.8. The summed E-state index contributed by atoms with van der Waals surface area (Å²) in [6.45, 7) is 8.52. The van der Waals surface area contributed by atoms with E-state index in [0.29, 0.717) is 37.0 Å². The van der Waals surface area contributed by atoms with E-state index in [2.05, 4.69) is 49.5 Å². The van der Waals surface area contributed by atoms with Gasteiger partial charge in [-0.15, -0.1) is 0 Å². The van der Waals surface area contributed by atoms with Gasteiger partial charge in [-0.2, -0.15) is 0 Å². The highest BCUT2D eigenvalue weighted by Crippen LogP contribution is 2.36. The molecule has 1 saturated carbocycles. The van der Waals surface area contributed by atoms with E-state index >= 15 is 0 Å². The van der Waals surface area contributed by atoms with Crippen molar-refractivity contribution in [2.24, 2.45) is 0 Å². The SMILES string of the molecule is CCOC(=O)CN1CCN(CC=CC(=O)Nc2cc3c(N[C@H](C)c4ccccc4)ncnc3cc2OC2CCC2)CC1. The third kappa shape index (κ3) is 7.83. The first kappa shape index (κ1) is 29.5. The number of aromatic nitrogens is 2. The highest BCUT2D eigenvalue weighted by atomic mass is 16.5.